The molecule has 0 N–H and O–H groups in total. The third-order valence-electron chi connectivity index (χ3n) is 4.30. The average Bonchev–Trinajstić information content (AvgIpc) is 2.98. The van der Waals surface area contributed by atoms with Crippen LogP contribution in [0.1, 0.15) is 11.6 Å². The number of nitriles is 1. The number of hydrogen-bond acceptors (Lipinski definition) is 7. The molecular formula is C15H23N5O2. The summed E-state index contributed by atoms with van der Waals surface area (Å²) < 4.78 is 11.2. The Kier molecular flexibility index (Phi) is 4.93. The van der Waals surface area contributed by atoms with Gasteiger partial charge in [-0.2, -0.15) is 5.26 Å². The van der Waals surface area contributed by atoms with Gasteiger partial charge in [-0.05, 0) is 7.05 Å². The van der Waals surface area contributed by atoms with Crippen LogP contribution in [0, 0.1) is 11.3 Å². The molecule has 2 saturated heterocycles. The van der Waals surface area contributed by atoms with Crippen molar-refractivity contribution in [2.24, 2.45) is 0 Å². The summed E-state index contributed by atoms with van der Waals surface area (Å²) in [5, 5.41) is 9.29. The van der Waals surface area contributed by atoms with Crippen LogP contribution in [-0.2, 0) is 11.2 Å². The molecule has 0 spiro atoms. The van der Waals surface area contributed by atoms with Crippen LogP contribution < -0.4 is 4.90 Å². The minimum absolute atomic E-state index is 0.418. The number of ether oxygens (including phenoxy) is 1. The fourth-order valence-corrected chi connectivity index (χ4v) is 2.84. The van der Waals surface area contributed by atoms with Gasteiger partial charge >= 0.3 is 0 Å². The van der Waals surface area contributed by atoms with Crippen LogP contribution in [-0.4, -0.2) is 80.9 Å². The SMILES string of the molecule is CN1CCN(c2oc(CCN3CCOCC3)nc2C#N)CC1. The Balaban J connectivity index is 1.62. The quantitative estimate of drug-likeness (QED) is 0.785. The summed E-state index contributed by atoms with van der Waals surface area (Å²) in [7, 11) is 2.11. The number of morpholine rings is 1. The molecule has 7 nitrogen and oxygen atoms in total. The Morgan fingerprint density at radius 3 is 2.55 bits per heavy atom. The highest BCUT2D eigenvalue weighted by molar-refractivity contribution is 5.48. The average molecular weight is 305 g/mol. The fourth-order valence-electron chi connectivity index (χ4n) is 2.84. The number of rotatable bonds is 4. The lowest BCUT2D eigenvalue weighted by molar-refractivity contribution is 0.0377. The zero-order valence-electron chi connectivity index (χ0n) is 13.1. The second kappa shape index (κ2) is 7.09. The topological polar surface area (TPSA) is 68.8 Å². The fraction of sp³-hybridized carbons (Fsp3) is 0.733. The van der Waals surface area contributed by atoms with E-state index in [9.17, 15) is 5.26 Å². The molecule has 0 aromatic carbocycles. The van der Waals surface area contributed by atoms with Crippen LogP contribution in [0.2, 0.25) is 0 Å². The largest absolute Gasteiger partial charge is 0.424 e. The van der Waals surface area contributed by atoms with Crippen LogP contribution in [0.5, 0.6) is 0 Å². The van der Waals surface area contributed by atoms with Crippen molar-refractivity contribution in [1.82, 2.24) is 14.8 Å². The van der Waals surface area contributed by atoms with Crippen molar-refractivity contribution in [2.75, 3.05) is 71.0 Å². The number of piperazine rings is 1. The molecule has 0 aliphatic carbocycles. The third kappa shape index (κ3) is 3.58. The molecule has 2 fully saturated rings. The van der Waals surface area contributed by atoms with E-state index >= 15 is 0 Å². The van der Waals surface area contributed by atoms with Gasteiger partial charge in [0.15, 0.2) is 5.89 Å². The molecule has 0 atom stereocenters. The van der Waals surface area contributed by atoms with E-state index in [-0.39, 0.29) is 0 Å². The summed E-state index contributed by atoms with van der Waals surface area (Å²) in [6.45, 7) is 8.12. The summed E-state index contributed by atoms with van der Waals surface area (Å²) >= 11 is 0. The van der Waals surface area contributed by atoms with Crippen LogP contribution in [0.15, 0.2) is 4.42 Å². The van der Waals surface area contributed by atoms with E-state index in [2.05, 4.69) is 32.8 Å². The predicted octanol–water partition coefficient (Wildman–Crippen LogP) is 0.173. The molecule has 2 aliphatic rings. The van der Waals surface area contributed by atoms with Crippen molar-refractivity contribution in [3.8, 4) is 6.07 Å². The number of oxazole rings is 1. The van der Waals surface area contributed by atoms with E-state index in [1.54, 1.807) is 0 Å². The second-order valence-electron chi connectivity index (χ2n) is 5.87. The summed E-state index contributed by atoms with van der Waals surface area (Å²) in [5.41, 5.74) is 0.418. The first-order valence-corrected chi connectivity index (χ1v) is 7.89. The van der Waals surface area contributed by atoms with Crippen LogP contribution >= 0.6 is 0 Å². The number of likely N-dealkylation sites (N-methyl/N-ethyl adjacent to an activating group) is 1. The minimum Gasteiger partial charge on any atom is -0.424 e. The maximum atomic E-state index is 9.29. The van der Waals surface area contributed by atoms with E-state index in [1.807, 2.05) is 0 Å². The first-order chi connectivity index (χ1) is 10.8. The lowest BCUT2D eigenvalue weighted by Gasteiger charge is -2.32. The first kappa shape index (κ1) is 15.3. The number of aromatic nitrogens is 1. The minimum atomic E-state index is 0.418. The molecule has 0 unspecified atom stereocenters. The second-order valence-corrected chi connectivity index (χ2v) is 5.87. The van der Waals surface area contributed by atoms with Crippen molar-refractivity contribution in [3.63, 3.8) is 0 Å². The Labute approximate surface area is 131 Å². The van der Waals surface area contributed by atoms with Crippen molar-refractivity contribution in [3.05, 3.63) is 11.6 Å². The Morgan fingerprint density at radius 1 is 1.14 bits per heavy atom. The lowest BCUT2D eigenvalue weighted by atomic mass is 10.3. The monoisotopic (exact) mass is 305 g/mol. The Hall–Kier alpha value is -1.62. The van der Waals surface area contributed by atoms with Crippen molar-refractivity contribution < 1.29 is 9.15 Å². The molecule has 3 heterocycles. The molecule has 0 radical (unpaired) electrons. The maximum Gasteiger partial charge on any atom is 0.234 e. The molecular weight excluding hydrogens is 282 g/mol. The standard InChI is InChI=1S/C15H23N5O2/c1-18-4-6-20(7-5-18)15-13(12-16)17-14(22-15)2-3-19-8-10-21-11-9-19/h2-11H2,1H3. The predicted molar refractivity (Wildman–Crippen MR) is 81.9 cm³/mol. The van der Waals surface area contributed by atoms with Crippen molar-refractivity contribution in [1.29, 1.82) is 5.26 Å². The van der Waals surface area contributed by atoms with E-state index < -0.39 is 0 Å². The number of hydrogen-bond donors (Lipinski definition) is 0. The summed E-state index contributed by atoms with van der Waals surface area (Å²) in [6, 6.07) is 2.17. The van der Waals surface area contributed by atoms with Gasteiger partial charge < -0.3 is 19.0 Å². The normalized spacial score (nSPS) is 21.0. The van der Waals surface area contributed by atoms with Gasteiger partial charge in [-0.1, -0.05) is 0 Å². The van der Waals surface area contributed by atoms with E-state index in [4.69, 9.17) is 9.15 Å². The van der Waals surface area contributed by atoms with Crippen LogP contribution in [0.4, 0.5) is 5.88 Å². The van der Waals surface area contributed by atoms with Gasteiger partial charge in [0.25, 0.3) is 0 Å². The van der Waals surface area contributed by atoms with Crippen molar-refractivity contribution in [2.45, 2.75) is 6.42 Å². The smallest absolute Gasteiger partial charge is 0.234 e. The molecule has 120 valence electrons. The van der Waals surface area contributed by atoms with Gasteiger partial charge in [0.1, 0.15) is 6.07 Å². The molecule has 22 heavy (non-hydrogen) atoms. The zero-order chi connectivity index (χ0) is 15.4. The maximum absolute atomic E-state index is 9.29. The summed E-state index contributed by atoms with van der Waals surface area (Å²) in [5.74, 6) is 1.31. The molecule has 0 saturated carbocycles. The molecule has 3 rings (SSSR count). The third-order valence-corrected chi connectivity index (χ3v) is 4.30. The van der Waals surface area contributed by atoms with Crippen LogP contribution in [0.3, 0.4) is 0 Å². The molecule has 0 bridgehead atoms. The van der Waals surface area contributed by atoms with E-state index in [0.29, 0.717) is 17.5 Å². The van der Waals surface area contributed by atoms with Gasteiger partial charge in [0.05, 0.1) is 13.2 Å². The van der Waals surface area contributed by atoms with Gasteiger partial charge in [0.2, 0.25) is 11.6 Å². The molecule has 1 aromatic rings. The Morgan fingerprint density at radius 2 is 1.86 bits per heavy atom. The van der Waals surface area contributed by atoms with Gasteiger partial charge in [-0.3, -0.25) is 4.90 Å². The van der Waals surface area contributed by atoms with E-state index in [1.165, 1.54) is 0 Å². The molecule has 2 aliphatic heterocycles. The lowest BCUT2D eigenvalue weighted by Crippen LogP contribution is -2.44. The molecule has 1 aromatic heterocycles. The zero-order valence-corrected chi connectivity index (χ0v) is 13.1. The number of nitrogens with zero attached hydrogens (tertiary/aromatic N) is 5. The van der Waals surface area contributed by atoms with E-state index in [0.717, 1.165) is 65.4 Å². The summed E-state index contributed by atoms with van der Waals surface area (Å²) in [6.07, 6.45) is 0.739. The Bertz CT molecular complexity index is 525. The first-order valence-electron chi connectivity index (χ1n) is 7.89. The van der Waals surface area contributed by atoms with Gasteiger partial charge in [-0.25, -0.2) is 4.98 Å². The molecule has 0 amide bonds. The van der Waals surface area contributed by atoms with Gasteiger partial charge in [0, 0.05) is 52.2 Å². The van der Waals surface area contributed by atoms with Crippen molar-refractivity contribution >= 4 is 5.88 Å². The summed E-state index contributed by atoms with van der Waals surface area (Å²) in [4.78, 5) is 11.1. The van der Waals surface area contributed by atoms with Crippen LogP contribution in [0.25, 0.3) is 0 Å². The van der Waals surface area contributed by atoms with Gasteiger partial charge in [-0.15, -0.1) is 0 Å². The number of anilines is 1. The highest BCUT2D eigenvalue weighted by atomic mass is 16.5. The highest BCUT2D eigenvalue weighted by Crippen LogP contribution is 2.23. The highest BCUT2D eigenvalue weighted by Gasteiger charge is 2.23. The molecule has 7 heteroatoms.